The van der Waals surface area contributed by atoms with Gasteiger partial charge in [0.15, 0.2) is 0 Å². The van der Waals surface area contributed by atoms with Crippen LogP contribution in [0.25, 0.3) is 0 Å². The van der Waals surface area contributed by atoms with Crippen molar-refractivity contribution in [3.8, 4) is 0 Å². The van der Waals surface area contributed by atoms with Gasteiger partial charge in [-0.3, -0.25) is 0 Å². The molecule has 46 valence electrons. The Balaban J connectivity index is 1.95. The van der Waals surface area contributed by atoms with Gasteiger partial charge in [-0.15, -0.1) is 4.89 Å². The van der Waals surface area contributed by atoms with E-state index in [1.165, 1.54) is 0 Å². The largest absolute Gasteiger partial charge is 0.371 e. The molecule has 2 rings (SSSR count). The number of hydrogen-bond donors (Lipinski definition) is 0. The van der Waals surface area contributed by atoms with E-state index in [9.17, 15) is 0 Å². The van der Waals surface area contributed by atoms with Crippen molar-refractivity contribution in [1.29, 1.82) is 0 Å². The van der Waals surface area contributed by atoms with E-state index >= 15 is 0 Å². The molecule has 0 atom stereocenters. The third-order valence-electron chi connectivity index (χ3n) is 0.970. The minimum atomic E-state index is -0.918. The van der Waals surface area contributed by atoms with E-state index in [0.29, 0.717) is 13.0 Å². The fourth-order valence-electron chi connectivity index (χ4n) is 0.476. The SMILES string of the molecule is C1CC2(OOO1)OO2. The molecule has 0 radical (unpaired) electrons. The summed E-state index contributed by atoms with van der Waals surface area (Å²) in [6.07, 6.45) is 0.549. The van der Waals surface area contributed by atoms with Crippen LogP contribution in [0.2, 0.25) is 0 Å². The van der Waals surface area contributed by atoms with E-state index < -0.39 is 5.97 Å². The fraction of sp³-hybridized carbons (Fsp3) is 1.00. The minimum absolute atomic E-state index is 0.431. The van der Waals surface area contributed by atoms with Crippen LogP contribution in [-0.2, 0) is 24.6 Å². The third-order valence-corrected chi connectivity index (χ3v) is 0.970. The van der Waals surface area contributed by atoms with Crippen LogP contribution >= 0.6 is 0 Å². The first-order valence-corrected chi connectivity index (χ1v) is 2.25. The van der Waals surface area contributed by atoms with Crippen molar-refractivity contribution >= 4 is 0 Å². The quantitative estimate of drug-likeness (QED) is 0.329. The zero-order valence-corrected chi connectivity index (χ0v) is 3.96. The first kappa shape index (κ1) is 4.66. The second-order valence-electron chi connectivity index (χ2n) is 1.57. The summed E-state index contributed by atoms with van der Waals surface area (Å²) in [4.78, 5) is 17.6. The summed E-state index contributed by atoms with van der Waals surface area (Å²) < 4.78 is 0. The zero-order valence-electron chi connectivity index (χ0n) is 3.96. The van der Waals surface area contributed by atoms with Gasteiger partial charge in [0.2, 0.25) is 0 Å². The molecule has 0 N–H and O–H groups in total. The van der Waals surface area contributed by atoms with Crippen LogP contribution in [0.1, 0.15) is 6.42 Å². The van der Waals surface area contributed by atoms with Gasteiger partial charge >= 0.3 is 5.97 Å². The lowest BCUT2D eigenvalue weighted by Gasteiger charge is -2.10. The van der Waals surface area contributed by atoms with Crippen LogP contribution in [0.4, 0.5) is 0 Å². The van der Waals surface area contributed by atoms with Crippen molar-refractivity contribution in [2.75, 3.05) is 6.61 Å². The van der Waals surface area contributed by atoms with Crippen molar-refractivity contribution in [3.05, 3.63) is 0 Å². The molecule has 0 aliphatic carbocycles. The van der Waals surface area contributed by atoms with Gasteiger partial charge in [0.05, 0.1) is 13.0 Å². The van der Waals surface area contributed by atoms with Gasteiger partial charge in [-0.05, 0) is 0 Å². The predicted molar refractivity (Wildman–Crippen MR) is 17.6 cm³/mol. The van der Waals surface area contributed by atoms with Crippen LogP contribution in [0.3, 0.4) is 0 Å². The van der Waals surface area contributed by atoms with Crippen LogP contribution in [-0.4, -0.2) is 12.6 Å². The third kappa shape index (κ3) is 0.610. The Bertz CT molecular complexity index is 89.8. The van der Waals surface area contributed by atoms with E-state index in [2.05, 4.69) is 24.6 Å². The molecular weight excluding hydrogens is 116 g/mol. The minimum Gasteiger partial charge on any atom is -0.206 e. The van der Waals surface area contributed by atoms with E-state index in [-0.39, 0.29) is 0 Å². The average Bonchev–Trinajstić information content (AvgIpc) is 2.52. The lowest BCUT2D eigenvalue weighted by Crippen LogP contribution is -2.24. The lowest BCUT2D eigenvalue weighted by molar-refractivity contribution is -0.571. The van der Waals surface area contributed by atoms with Gasteiger partial charge in [-0.1, -0.05) is 5.04 Å². The van der Waals surface area contributed by atoms with E-state index in [1.54, 1.807) is 0 Å². The van der Waals surface area contributed by atoms with E-state index in [0.717, 1.165) is 0 Å². The summed E-state index contributed by atoms with van der Waals surface area (Å²) in [7, 11) is 0. The van der Waals surface area contributed by atoms with E-state index in [1.807, 2.05) is 0 Å². The van der Waals surface area contributed by atoms with Crippen molar-refractivity contribution in [3.63, 3.8) is 0 Å². The highest BCUT2D eigenvalue weighted by atomic mass is 17.6. The Hall–Kier alpha value is -0.200. The predicted octanol–water partition coefficient (Wildman–Crippen LogP) is -0.115. The van der Waals surface area contributed by atoms with Crippen LogP contribution in [0, 0.1) is 0 Å². The van der Waals surface area contributed by atoms with Gasteiger partial charge in [-0.25, -0.2) is 4.89 Å². The maximum atomic E-state index is 4.41. The molecule has 2 heterocycles. The van der Waals surface area contributed by atoms with E-state index in [4.69, 9.17) is 0 Å². The lowest BCUT2D eigenvalue weighted by atomic mass is 10.4. The standard InChI is InChI=1S/C3H4O5/c1-2-4-8-7-3(1)5-6-3/h1-2H2. The molecule has 5 heteroatoms. The molecular formula is C3H4O5. The molecule has 0 saturated carbocycles. The molecule has 2 fully saturated rings. The maximum Gasteiger partial charge on any atom is 0.371 e. The average molecular weight is 120 g/mol. The Morgan fingerprint density at radius 1 is 1.12 bits per heavy atom. The number of hydrogen-bond acceptors (Lipinski definition) is 5. The smallest absolute Gasteiger partial charge is 0.206 e. The molecule has 0 aromatic rings. The summed E-state index contributed by atoms with van der Waals surface area (Å²) in [5.41, 5.74) is 0. The summed E-state index contributed by atoms with van der Waals surface area (Å²) in [5, 5.41) is 4.10. The van der Waals surface area contributed by atoms with Crippen LogP contribution in [0.15, 0.2) is 0 Å². The number of rotatable bonds is 0. The topological polar surface area (TPSA) is 52.8 Å². The van der Waals surface area contributed by atoms with Crippen molar-refractivity contribution < 1.29 is 24.6 Å². The Labute approximate surface area is 44.8 Å². The molecule has 2 aliphatic rings. The van der Waals surface area contributed by atoms with Crippen LogP contribution in [0.5, 0.6) is 0 Å². The molecule has 0 aromatic heterocycles. The molecule has 0 aromatic carbocycles. The second kappa shape index (κ2) is 1.40. The highest BCUT2D eigenvalue weighted by molar-refractivity contribution is 4.58. The van der Waals surface area contributed by atoms with Crippen molar-refractivity contribution in [2.24, 2.45) is 0 Å². The molecule has 8 heavy (non-hydrogen) atoms. The fourth-order valence-corrected chi connectivity index (χ4v) is 0.476. The zero-order chi connectivity index (χ0) is 5.45. The van der Waals surface area contributed by atoms with Crippen molar-refractivity contribution in [1.82, 2.24) is 0 Å². The molecule has 0 bridgehead atoms. The second-order valence-corrected chi connectivity index (χ2v) is 1.57. The Morgan fingerprint density at radius 2 is 2.00 bits per heavy atom. The Kier molecular flexibility index (Phi) is 0.813. The monoisotopic (exact) mass is 120 g/mol. The van der Waals surface area contributed by atoms with Gasteiger partial charge in [-0.2, -0.15) is 9.78 Å². The first-order valence-electron chi connectivity index (χ1n) is 2.25. The molecule has 2 aliphatic heterocycles. The van der Waals surface area contributed by atoms with Gasteiger partial charge < -0.3 is 0 Å². The summed E-state index contributed by atoms with van der Waals surface area (Å²) in [6.45, 7) is 0.431. The summed E-state index contributed by atoms with van der Waals surface area (Å²) in [5.74, 6) is -0.918. The van der Waals surface area contributed by atoms with Crippen LogP contribution < -0.4 is 0 Å². The van der Waals surface area contributed by atoms with Crippen molar-refractivity contribution in [2.45, 2.75) is 12.4 Å². The maximum absolute atomic E-state index is 4.41. The van der Waals surface area contributed by atoms with Gasteiger partial charge in [0.1, 0.15) is 0 Å². The molecule has 1 spiro atoms. The molecule has 0 amide bonds. The normalized spacial score (nSPS) is 33.0. The first-order chi connectivity index (χ1) is 3.91. The highest BCUT2D eigenvalue weighted by Gasteiger charge is 2.54. The summed E-state index contributed by atoms with van der Waals surface area (Å²) >= 11 is 0. The summed E-state index contributed by atoms with van der Waals surface area (Å²) in [6, 6.07) is 0. The van der Waals surface area contributed by atoms with Gasteiger partial charge in [0, 0.05) is 0 Å². The molecule has 0 unspecified atom stereocenters. The Morgan fingerprint density at radius 3 is 2.38 bits per heavy atom. The molecule has 5 nitrogen and oxygen atoms in total. The highest BCUT2D eigenvalue weighted by Crippen LogP contribution is 2.36. The molecule has 2 saturated heterocycles. The van der Waals surface area contributed by atoms with Gasteiger partial charge in [0.25, 0.3) is 0 Å².